The van der Waals surface area contributed by atoms with Crippen LogP contribution in [0.3, 0.4) is 0 Å². The molecular formula is C17H19N5OS. The quantitative estimate of drug-likeness (QED) is 0.792. The fourth-order valence-corrected chi connectivity index (χ4v) is 3.90. The van der Waals surface area contributed by atoms with E-state index in [1.54, 1.807) is 6.07 Å². The molecule has 24 heavy (non-hydrogen) atoms. The van der Waals surface area contributed by atoms with Crippen molar-refractivity contribution in [3.8, 4) is 0 Å². The smallest absolute Gasteiger partial charge is 0.251 e. The zero-order valence-electron chi connectivity index (χ0n) is 13.5. The molecule has 1 aliphatic rings. The van der Waals surface area contributed by atoms with Gasteiger partial charge >= 0.3 is 0 Å². The van der Waals surface area contributed by atoms with E-state index in [-0.39, 0.29) is 5.56 Å². The fraction of sp³-hybridized carbons (Fsp3) is 0.412. The van der Waals surface area contributed by atoms with Gasteiger partial charge in [0.1, 0.15) is 16.9 Å². The van der Waals surface area contributed by atoms with Gasteiger partial charge in [0.05, 0.1) is 17.4 Å². The van der Waals surface area contributed by atoms with Crippen LogP contribution in [-0.2, 0) is 6.54 Å². The molecule has 1 saturated heterocycles. The van der Waals surface area contributed by atoms with Crippen molar-refractivity contribution in [3.05, 3.63) is 51.7 Å². The lowest BCUT2D eigenvalue weighted by molar-refractivity contribution is 0.203. The Morgan fingerprint density at radius 3 is 2.79 bits per heavy atom. The molecular weight excluding hydrogens is 322 g/mol. The van der Waals surface area contributed by atoms with Crippen molar-refractivity contribution < 1.29 is 0 Å². The van der Waals surface area contributed by atoms with Gasteiger partial charge in [0.15, 0.2) is 0 Å². The number of hydrogen-bond donors (Lipinski definition) is 1. The monoisotopic (exact) mass is 341 g/mol. The summed E-state index contributed by atoms with van der Waals surface area (Å²) in [6.07, 6.45) is 2.08. The average Bonchev–Trinajstić information content (AvgIpc) is 3.02. The van der Waals surface area contributed by atoms with Crippen molar-refractivity contribution in [3.63, 3.8) is 0 Å². The summed E-state index contributed by atoms with van der Waals surface area (Å²) in [6.45, 7) is 4.81. The Bertz CT molecular complexity index is 910. The Kier molecular flexibility index (Phi) is 4.12. The topological polar surface area (TPSA) is 74.8 Å². The maximum Gasteiger partial charge on any atom is 0.251 e. The molecule has 0 saturated carbocycles. The highest BCUT2D eigenvalue weighted by atomic mass is 32.1. The van der Waals surface area contributed by atoms with Gasteiger partial charge in [0, 0.05) is 18.5 Å². The Balaban J connectivity index is 1.41. The normalized spacial score (nSPS) is 16.7. The summed E-state index contributed by atoms with van der Waals surface area (Å²) in [6, 6.07) is 7.96. The number of H-pyrrole nitrogens is 1. The molecule has 3 aromatic rings. The van der Waals surface area contributed by atoms with E-state index < -0.39 is 0 Å². The number of nitrogens with one attached hydrogen (secondary N) is 1. The molecule has 0 radical (unpaired) electrons. The van der Waals surface area contributed by atoms with E-state index in [2.05, 4.69) is 35.7 Å². The van der Waals surface area contributed by atoms with Crippen LogP contribution in [0.5, 0.6) is 0 Å². The van der Waals surface area contributed by atoms with E-state index in [4.69, 9.17) is 0 Å². The molecule has 1 aliphatic heterocycles. The summed E-state index contributed by atoms with van der Waals surface area (Å²) in [5.41, 5.74) is 4.11. The Labute approximate surface area is 143 Å². The largest absolute Gasteiger partial charge is 0.311 e. The van der Waals surface area contributed by atoms with Crippen LogP contribution in [0.25, 0.3) is 11.0 Å². The van der Waals surface area contributed by atoms with Gasteiger partial charge in [-0.25, -0.2) is 4.98 Å². The molecule has 6 nitrogen and oxygen atoms in total. The number of piperidine rings is 1. The van der Waals surface area contributed by atoms with Crippen molar-refractivity contribution >= 4 is 22.8 Å². The summed E-state index contributed by atoms with van der Waals surface area (Å²) in [5.74, 6) is 1.08. The second kappa shape index (κ2) is 6.41. The van der Waals surface area contributed by atoms with Crippen molar-refractivity contribution in [1.29, 1.82) is 0 Å². The van der Waals surface area contributed by atoms with Crippen LogP contribution in [0.1, 0.15) is 35.8 Å². The molecule has 0 bridgehead atoms. The third-order valence-electron chi connectivity index (χ3n) is 4.61. The number of benzene rings is 1. The number of aryl methyl sites for hydroxylation is 1. The molecule has 0 aliphatic carbocycles. The van der Waals surface area contributed by atoms with Crippen molar-refractivity contribution in [2.75, 3.05) is 13.1 Å². The van der Waals surface area contributed by atoms with Gasteiger partial charge in [-0.15, -0.1) is 0 Å². The average molecular weight is 341 g/mol. The van der Waals surface area contributed by atoms with Gasteiger partial charge in [0.2, 0.25) is 0 Å². The summed E-state index contributed by atoms with van der Waals surface area (Å²) in [4.78, 5) is 21.3. The van der Waals surface area contributed by atoms with E-state index in [1.165, 1.54) is 17.3 Å². The molecule has 0 atom stereocenters. The fourth-order valence-electron chi connectivity index (χ4n) is 3.38. The van der Waals surface area contributed by atoms with Crippen LogP contribution in [0.4, 0.5) is 0 Å². The minimum absolute atomic E-state index is 0.0508. The first-order chi connectivity index (χ1) is 11.7. The summed E-state index contributed by atoms with van der Waals surface area (Å²) in [7, 11) is 0. The third kappa shape index (κ3) is 3.22. The molecule has 1 fully saturated rings. The van der Waals surface area contributed by atoms with Gasteiger partial charge in [-0.1, -0.05) is 6.07 Å². The number of aromatic nitrogens is 4. The maximum atomic E-state index is 11.6. The standard InChI is InChI=1S/C17H19N5OS/c1-11-18-15(9-17(23)19-11)13-4-6-22(7-5-13)10-12-2-3-14-16(8-12)21-24-20-14/h2-3,8-9,13H,4-7,10H2,1H3,(H,18,19,23). The number of rotatable bonds is 3. The van der Waals surface area contributed by atoms with Gasteiger partial charge in [-0.2, -0.15) is 8.75 Å². The molecule has 7 heteroatoms. The molecule has 2 aromatic heterocycles. The molecule has 0 amide bonds. The second-order valence-electron chi connectivity index (χ2n) is 6.39. The zero-order chi connectivity index (χ0) is 16.5. The van der Waals surface area contributed by atoms with E-state index >= 15 is 0 Å². The van der Waals surface area contributed by atoms with E-state index in [1.807, 2.05) is 13.0 Å². The van der Waals surface area contributed by atoms with E-state index in [9.17, 15) is 4.79 Å². The minimum atomic E-state index is -0.0508. The zero-order valence-corrected chi connectivity index (χ0v) is 14.3. The van der Waals surface area contributed by atoms with E-state index in [0.717, 1.165) is 49.2 Å². The first kappa shape index (κ1) is 15.4. The van der Waals surface area contributed by atoms with Crippen LogP contribution >= 0.6 is 11.7 Å². The lowest BCUT2D eigenvalue weighted by Gasteiger charge is -2.31. The SMILES string of the molecule is Cc1nc(C2CCN(Cc3ccc4nsnc4c3)CC2)cc(=O)[nH]1. The Morgan fingerprint density at radius 2 is 2.00 bits per heavy atom. The number of hydrogen-bond acceptors (Lipinski definition) is 6. The summed E-state index contributed by atoms with van der Waals surface area (Å²) >= 11 is 1.26. The molecule has 0 unspecified atom stereocenters. The van der Waals surface area contributed by atoms with Crippen molar-refractivity contribution in [2.45, 2.75) is 32.2 Å². The molecule has 4 rings (SSSR count). The highest BCUT2D eigenvalue weighted by molar-refractivity contribution is 7.00. The molecule has 0 spiro atoms. The van der Waals surface area contributed by atoms with Gasteiger partial charge in [0.25, 0.3) is 5.56 Å². The van der Waals surface area contributed by atoms with Crippen LogP contribution in [0, 0.1) is 6.92 Å². The summed E-state index contributed by atoms with van der Waals surface area (Å²) < 4.78 is 8.56. The lowest BCUT2D eigenvalue weighted by Crippen LogP contribution is -2.33. The van der Waals surface area contributed by atoms with Gasteiger partial charge in [-0.3, -0.25) is 9.69 Å². The van der Waals surface area contributed by atoms with E-state index in [0.29, 0.717) is 11.7 Å². The number of aromatic amines is 1. The van der Waals surface area contributed by atoms with Crippen molar-refractivity contribution in [2.24, 2.45) is 0 Å². The number of nitrogens with zero attached hydrogens (tertiary/aromatic N) is 4. The first-order valence-corrected chi connectivity index (χ1v) is 8.92. The second-order valence-corrected chi connectivity index (χ2v) is 6.92. The Morgan fingerprint density at radius 1 is 1.21 bits per heavy atom. The van der Waals surface area contributed by atoms with Gasteiger partial charge in [-0.05, 0) is 50.6 Å². The lowest BCUT2D eigenvalue weighted by atomic mass is 9.93. The first-order valence-electron chi connectivity index (χ1n) is 8.19. The van der Waals surface area contributed by atoms with Crippen LogP contribution in [0.2, 0.25) is 0 Å². The molecule has 1 aromatic carbocycles. The highest BCUT2D eigenvalue weighted by Gasteiger charge is 2.22. The van der Waals surface area contributed by atoms with Crippen molar-refractivity contribution in [1.82, 2.24) is 23.6 Å². The third-order valence-corrected chi connectivity index (χ3v) is 5.17. The molecule has 1 N–H and O–H groups in total. The summed E-state index contributed by atoms with van der Waals surface area (Å²) in [5, 5.41) is 0. The number of likely N-dealkylation sites (tertiary alicyclic amines) is 1. The predicted octanol–water partition coefficient (Wildman–Crippen LogP) is 2.46. The van der Waals surface area contributed by atoms with Crippen LogP contribution < -0.4 is 5.56 Å². The Hall–Kier alpha value is -2.12. The predicted molar refractivity (Wildman–Crippen MR) is 94.3 cm³/mol. The molecule has 124 valence electrons. The van der Waals surface area contributed by atoms with Crippen LogP contribution in [-0.4, -0.2) is 36.7 Å². The highest BCUT2D eigenvalue weighted by Crippen LogP contribution is 2.27. The van der Waals surface area contributed by atoms with Gasteiger partial charge < -0.3 is 4.98 Å². The minimum Gasteiger partial charge on any atom is -0.311 e. The number of fused-ring (bicyclic) bond motifs is 1. The van der Waals surface area contributed by atoms with Crippen LogP contribution in [0.15, 0.2) is 29.1 Å². The molecule has 3 heterocycles. The maximum absolute atomic E-state index is 11.6.